The van der Waals surface area contributed by atoms with Gasteiger partial charge in [0.2, 0.25) is 5.91 Å². The topological polar surface area (TPSA) is 88.2 Å². The molecular formula is C27H33N3O5. The number of nitrogens with zero attached hydrogens (tertiary/aromatic N) is 2. The van der Waals surface area contributed by atoms with Crippen molar-refractivity contribution >= 4 is 23.6 Å². The summed E-state index contributed by atoms with van der Waals surface area (Å²) in [5, 5.41) is 3.02. The van der Waals surface area contributed by atoms with Crippen LogP contribution in [-0.4, -0.2) is 60.5 Å². The minimum atomic E-state index is -0.286. The van der Waals surface area contributed by atoms with E-state index >= 15 is 0 Å². The number of urea groups is 1. The quantitative estimate of drug-likeness (QED) is 0.579. The van der Waals surface area contributed by atoms with Crippen LogP contribution in [0.4, 0.5) is 10.5 Å². The third-order valence-electron chi connectivity index (χ3n) is 6.71. The molecule has 35 heavy (non-hydrogen) atoms. The van der Waals surface area contributed by atoms with Gasteiger partial charge in [0, 0.05) is 44.2 Å². The fraction of sp³-hybridized carbons (Fsp3) is 0.444. The molecule has 0 spiro atoms. The van der Waals surface area contributed by atoms with E-state index in [9.17, 15) is 14.4 Å². The van der Waals surface area contributed by atoms with Crippen LogP contribution in [0.25, 0.3) is 0 Å². The number of fused-ring (bicyclic) bond motifs is 1. The van der Waals surface area contributed by atoms with Crippen LogP contribution in [0, 0.1) is 0 Å². The first-order valence-corrected chi connectivity index (χ1v) is 12.3. The molecule has 2 aromatic rings. The molecule has 0 aliphatic carbocycles. The van der Waals surface area contributed by atoms with Gasteiger partial charge in [0.1, 0.15) is 12.4 Å². The summed E-state index contributed by atoms with van der Waals surface area (Å²) in [6.07, 6.45) is 3.28. The van der Waals surface area contributed by atoms with Crippen LogP contribution in [0.2, 0.25) is 0 Å². The lowest BCUT2D eigenvalue weighted by atomic mass is 10.0. The van der Waals surface area contributed by atoms with Gasteiger partial charge in [0.15, 0.2) is 0 Å². The van der Waals surface area contributed by atoms with Gasteiger partial charge >= 0.3 is 12.0 Å². The number of ether oxygens (including phenoxy) is 2. The van der Waals surface area contributed by atoms with E-state index in [1.54, 1.807) is 7.11 Å². The maximum Gasteiger partial charge on any atom is 0.322 e. The van der Waals surface area contributed by atoms with E-state index in [4.69, 9.17) is 9.47 Å². The summed E-state index contributed by atoms with van der Waals surface area (Å²) in [6.45, 7) is 2.12. The Morgan fingerprint density at radius 3 is 2.54 bits per heavy atom. The molecule has 186 valence electrons. The number of esters is 1. The molecule has 2 aliphatic rings. The fourth-order valence-corrected chi connectivity index (χ4v) is 4.68. The zero-order valence-electron chi connectivity index (χ0n) is 20.2. The van der Waals surface area contributed by atoms with E-state index < -0.39 is 0 Å². The number of carbonyl (C=O) groups is 3. The monoisotopic (exact) mass is 479 g/mol. The molecule has 1 saturated heterocycles. The van der Waals surface area contributed by atoms with Crippen molar-refractivity contribution in [3.63, 3.8) is 0 Å². The summed E-state index contributed by atoms with van der Waals surface area (Å²) in [5.74, 6) is 0.549. The van der Waals surface area contributed by atoms with E-state index in [1.165, 1.54) is 0 Å². The highest BCUT2D eigenvalue weighted by Gasteiger charge is 2.31. The van der Waals surface area contributed by atoms with Gasteiger partial charge in [-0.1, -0.05) is 30.3 Å². The number of rotatable bonds is 8. The number of amides is 3. The van der Waals surface area contributed by atoms with E-state index in [1.807, 2.05) is 58.3 Å². The van der Waals surface area contributed by atoms with Crippen LogP contribution < -0.4 is 10.1 Å². The second-order valence-corrected chi connectivity index (χ2v) is 9.01. The molecule has 1 N–H and O–H groups in total. The first kappa shape index (κ1) is 24.6. The molecule has 0 bridgehead atoms. The Balaban J connectivity index is 1.18. The molecule has 2 aromatic carbocycles. The number of carbonyl (C=O) groups excluding carboxylic acids is 3. The van der Waals surface area contributed by atoms with Crippen LogP contribution in [0.5, 0.6) is 5.75 Å². The van der Waals surface area contributed by atoms with Crippen molar-refractivity contribution in [1.82, 2.24) is 9.80 Å². The largest absolute Gasteiger partial charge is 0.497 e. The number of hydrogen-bond donors (Lipinski definition) is 1. The maximum atomic E-state index is 12.9. The van der Waals surface area contributed by atoms with Gasteiger partial charge < -0.3 is 24.6 Å². The van der Waals surface area contributed by atoms with E-state index in [0.29, 0.717) is 32.5 Å². The van der Waals surface area contributed by atoms with Crippen molar-refractivity contribution in [3.8, 4) is 5.75 Å². The fourth-order valence-electron chi connectivity index (χ4n) is 4.68. The number of hydrogen-bond acceptors (Lipinski definition) is 5. The van der Waals surface area contributed by atoms with Crippen LogP contribution in [0.3, 0.4) is 0 Å². The molecular weight excluding hydrogens is 446 g/mol. The zero-order chi connectivity index (χ0) is 24.6. The first-order chi connectivity index (χ1) is 17.0. The molecule has 0 saturated carbocycles. The minimum absolute atomic E-state index is 0.0547. The average Bonchev–Trinajstić information content (AvgIpc) is 3.05. The molecule has 2 heterocycles. The van der Waals surface area contributed by atoms with E-state index in [-0.39, 0.29) is 37.0 Å². The van der Waals surface area contributed by atoms with E-state index in [0.717, 1.165) is 41.8 Å². The molecule has 0 radical (unpaired) electrons. The molecule has 0 unspecified atom stereocenters. The van der Waals surface area contributed by atoms with Crippen molar-refractivity contribution in [1.29, 1.82) is 0 Å². The summed E-state index contributed by atoms with van der Waals surface area (Å²) < 4.78 is 10.6. The minimum Gasteiger partial charge on any atom is -0.497 e. The van der Waals surface area contributed by atoms with Gasteiger partial charge in [0.25, 0.3) is 0 Å². The van der Waals surface area contributed by atoms with Crippen molar-refractivity contribution in [3.05, 3.63) is 59.7 Å². The SMILES string of the molecule is COc1ccc2c(c1)CCN(C1CCN(C(=O)CCCC(=O)OCc3ccccc3)CC1)C(=O)N2. The smallest absolute Gasteiger partial charge is 0.322 e. The Hall–Kier alpha value is -3.55. The van der Waals surface area contributed by atoms with Crippen molar-refractivity contribution in [2.24, 2.45) is 0 Å². The number of likely N-dealkylation sites (tertiary alicyclic amines) is 1. The van der Waals surface area contributed by atoms with Gasteiger partial charge in [-0.15, -0.1) is 0 Å². The standard InChI is InChI=1S/C27H33N3O5/c1-34-23-10-11-24-21(18-23)12-17-30(27(33)28-24)22-13-15-29(16-14-22)25(31)8-5-9-26(32)35-19-20-6-3-2-4-7-20/h2-4,6-7,10-11,18,22H,5,8-9,12-17,19H2,1H3,(H,28,33). The van der Waals surface area contributed by atoms with Gasteiger partial charge in [-0.3, -0.25) is 9.59 Å². The molecule has 3 amide bonds. The number of piperidine rings is 1. The third kappa shape index (κ3) is 6.53. The molecule has 0 atom stereocenters. The lowest BCUT2D eigenvalue weighted by Gasteiger charge is -2.38. The molecule has 0 aromatic heterocycles. The molecule has 8 heteroatoms. The third-order valence-corrected chi connectivity index (χ3v) is 6.71. The summed E-state index contributed by atoms with van der Waals surface area (Å²) in [7, 11) is 1.63. The normalized spacial score (nSPS) is 16.2. The number of methoxy groups -OCH3 is 1. The Morgan fingerprint density at radius 1 is 1.03 bits per heavy atom. The average molecular weight is 480 g/mol. The van der Waals surface area contributed by atoms with Crippen LogP contribution >= 0.6 is 0 Å². The molecule has 2 aliphatic heterocycles. The zero-order valence-corrected chi connectivity index (χ0v) is 20.2. The highest BCUT2D eigenvalue weighted by molar-refractivity contribution is 5.91. The molecule has 8 nitrogen and oxygen atoms in total. The van der Waals surface area contributed by atoms with Gasteiger partial charge in [-0.25, -0.2) is 4.79 Å². The molecule has 1 fully saturated rings. The van der Waals surface area contributed by atoms with Crippen molar-refractivity contribution in [2.45, 2.75) is 51.2 Å². The lowest BCUT2D eigenvalue weighted by Crippen LogP contribution is -2.50. The molecule has 4 rings (SSSR count). The van der Waals surface area contributed by atoms with Gasteiger partial charge in [-0.2, -0.15) is 0 Å². The van der Waals surface area contributed by atoms with E-state index in [2.05, 4.69) is 5.32 Å². The summed E-state index contributed by atoms with van der Waals surface area (Å²) in [6, 6.07) is 15.3. The highest BCUT2D eigenvalue weighted by Crippen LogP contribution is 2.27. The Labute approximate surface area is 206 Å². The second kappa shape index (κ2) is 11.7. The number of nitrogens with one attached hydrogen (secondary N) is 1. The van der Waals surface area contributed by atoms with Gasteiger partial charge in [0.05, 0.1) is 7.11 Å². The summed E-state index contributed by atoms with van der Waals surface area (Å²) >= 11 is 0. The second-order valence-electron chi connectivity index (χ2n) is 9.01. The summed E-state index contributed by atoms with van der Waals surface area (Å²) in [5.41, 5.74) is 2.84. The Bertz CT molecular complexity index is 1030. The summed E-state index contributed by atoms with van der Waals surface area (Å²) in [4.78, 5) is 41.2. The lowest BCUT2D eigenvalue weighted by molar-refractivity contribution is -0.145. The van der Waals surface area contributed by atoms with Gasteiger partial charge in [-0.05, 0) is 55.0 Å². The van der Waals surface area contributed by atoms with Crippen LogP contribution in [0.1, 0.15) is 43.2 Å². The van der Waals surface area contributed by atoms with Crippen molar-refractivity contribution < 1.29 is 23.9 Å². The highest BCUT2D eigenvalue weighted by atomic mass is 16.5. The predicted octanol–water partition coefficient (Wildman–Crippen LogP) is 3.99. The maximum absolute atomic E-state index is 12.9. The number of anilines is 1. The first-order valence-electron chi connectivity index (χ1n) is 12.3. The number of benzene rings is 2. The Morgan fingerprint density at radius 2 is 1.80 bits per heavy atom. The van der Waals surface area contributed by atoms with Crippen LogP contribution in [-0.2, 0) is 27.4 Å². The predicted molar refractivity (Wildman–Crippen MR) is 132 cm³/mol. The van der Waals surface area contributed by atoms with Crippen molar-refractivity contribution in [2.75, 3.05) is 32.1 Å². The van der Waals surface area contributed by atoms with Crippen LogP contribution in [0.15, 0.2) is 48.5 Å². The Kier molecular flexibility index (Phi) is 8.23.